The molecule has 1 aromatic rings. The second kappa shape index (κ2) is 6.32. The zero-order valence-corrected chi connectivity index (χ0v) is 12.3. The monoisotopic (exact) mass is 400 g/mol. The lowest BCUT2D eigenvalue weighted by molar-refractivity contribution is -0.0943. The fourth-order valence-electron chi connectivity index (χ4n) is 1.96. The third-order valence-electron chi connectivity index (χ3n) is 2.89. The molecule has 10 heteroatoms. The fraction of sp³-hybridized carbons (Fsp3) is 0.600. The molecule has 2 rings (SSSR count). The summed E-state index contributed by atoms with van der Waals surface area (Å²) in [6.45, 7) is -0.691. The van der Waals surface area contributed by atoms with Crippen molar-refractivity contribution in [2.45, 2.75) is 24.5 Å². The maximum absolute atomic E-state index is 11.8. The van der Waals surface area contributed by atoms with E-state index in [4.69, 9.17) is 14.6 Å². The van der Waals surface area contributed by atoms with Crippen molar-refractivity contribution in [2.75, 3.05) is 13.4 Å². The minimum absolute atomic E-state index is 0.139. The van der Waals surface area contributed by atoms with Crippen LogP contribution < -0.4 is 11.2 Å². The highest BCUT2D eigenvalue weighted by Gasteiger charge is 2.44. The van der Waals surface area contributed by atoms with Gasteiger partial charge < -0.3 is 24.8 Å². The smallest absolute Gasteiger partial charge is 0.331 e. The van der Waals surface area contributed by atoms with Gasteiger partial charge >= 0.3 is 5.69 Å². The maximum atomic E-state index is 11.8. The van der Waals surface area contributed by atoms with Crippen molar-refractivity contribution in [3.8, 4) is 0 Å². The van der Waals surface area contributed by atoms with Gasteiger partial charge in [-0.15, -0.1) is 0 Å². The Bertz CT molecular complexity index is 586. The number of aromatic amines is 1. The van der Waals surface area contributed by atoms with Crippen LogP contribution >= 0.6 is 22.6 Å². The minimum Gasteiger partial charge on any atom is -0.387 e. The van der Waals surface area contributed by atoms with Crippen molar-refractivity contribution < 1.29 is 24.8 Å². The standard InChI is InChI=1S/C10H13IN2O7/c11-5-1-6(15)12-10(18)13(5)9-8(17)7(16)4(20-9)2-19-3-14/h1,4,7-9,14,16-17H,2-3H2,(H,12,15,18)/t4-,7-,8-,9-/m1/s1. The number of rotatable bonds is 4. The molecule has 0 amide bonds. The van der Waals surface area contributed by atoms with E-state index in [2.05, 4.69) is 4.98 Å². The number of nitrogens with one attached hydrogen (secondary N) is 1. The zero-order valence-electron chi connectivity index (χ0n) is 10.1. The molecular formula is C10H13IN2O7. The van der Waals surface area contributed by atoms with E-state index in [1.54, 1.807) is 22.6 Å². The molecule has 1 aliphatic heterocycles. The van der Waals surface area contributed by atoms with E-state index < -0.39 is 42.6 Å². The summed E-state index contributed by atoms with van der Waals surface area (Å²) in [6.07, 6.45) is -4.68. The second-order valence-corrected chi connectivity index (χ2v) is 5.28. The van der Waals surface area contributed by atoms with Crippen molar-refractivity contribution >= 4 is 22.6 Å². The molecule has 0 aliphatic carbocycles. The first kappa shape index (κ1) is 15.6. The number of hydrogen-bond donors (Lipinski definition) is 4. The van der Waals surface area contributed by atoms with Crippen molar-refractivity contribution in [1.82, 2.24) is 9.55 Å². The molecule has 1 fully saturated rings. The van der Waals surface area contributed by atoms with Gasteiger partial charge in [-0.1, -0.05) is 0 Å². The van der Waals surface area contributed by atoms with Crippen LogP contribution in [0.5, 0.6) is 0 Å². The van der Waals surface area contributed by atoms with Crippen LogP contribution in [0, 0.1) is 3.70 Å². The van der Waals surface area contributed by atoms with Gasteiger partial charge in [0.25, 0.3) is 5.56 Å². The molecule has 4 N–H and O–H groups in total. The van der Waals surface area contributed by atoms with Crippen molar-refractivity contribution in [3.05, 3.63) is 30.6 Å². The third-order valence-corrected chi connectivity index (χ3v) is 3.73. The molecule has 9 nitrogen and oxygen atoms in total. The van der Waals surface area contributed by atoms with Gasteiger partial charge in [0.05, 0.1) is 10.3 Å². The molecule has 1 aliphatic rings. The average molecular weight is 400 g/mol. The van der Waals surface area contributed by atoms with Crippen LogP contribution in [0.25, 0.3) is 0 Å². The van der Waals surface area contributed by atoms with Gasteiger partial charge in [-0.3, -0.25) is 14.3 Å². The predicted octanol–water partition coefficient (Wildman–Crippen LogP) is -2.27. The summed E-state index contributed by atoms with van der Waals surface area (Å²) in [4.78, 5) is 25.0. The number of ether oxygens (including phenoxy) is 2. The molecular weight excluding hydrogens is 387 g/mol. The van der Waals surface area contributed by atoms with Crippen LogP contribution in [0.15, 0.2) is 15.7 Å². The Morgan fingerprint density at radius 1 is 1.40 bits per heavy atom. The largest absolute Gasteiger partial charge is 0.387 e. The number of H-pyrrole nitrogens is 1. The molecule has 0 unspecified atom stereocenters. The Balaban J connectivity index is 2.30. The Labute approximate surface area is 125 Å². The number of nitrogens with zero attached hydrogens (tertiary/aromatic N) is 1. The SMILES string of the molecule is O=c1cc(I)n([C@@H]2O[C@H](COCO)[C@@H](O)[C@H]2O)c(=O)[nH]1. The van der Waals surface area contributed by atoms with Crippen LogP contribution in [-0.2, 0) is 9.47 Å². The summed E-state index contributed by atoms with van der Waals surface area (Å²) in [5, 5.41) is 28.3. The Morgan fingerprint density at radius 2 is 2.10 bits per heavy atom. The molecule has 1 saturated heterocycles. The van der Waals surface area contributed by atoms with Crippen LogP contribution in [0.4, 0.5) is 0 Å². The Hall–Kier alpha value is -0.790. The summed E-state index contributed by atoms with van der Waals surface area (Å²) >= 11 is 1.75. The van der Waals surface area contributed by atoms with Crippen LogP contribution in [0.2, 0.25) is 0 Å². The normalized spacial score (nSPS) is 29.8. The summed E-state index contributed by atoms with van der Waals surface area (Å²) in [6, 6.07) is 1.17. The molecule has 2 heterocycles. The minimum atomic E-state index is -1.36. The number of hydrogen-bond acceptors (Lipinski definition) is 7. The van der Waals surface area contributed by atoms with Gasteiger partial charge in [0.2, 0.25) is 0 Å². The first-order chi connectivity index (χ1) is 9.45. The summed E-state index contributed by atoms with van der Waals surface area (Å²) in [5.74, 6) is 0. The maximum Gasteiger partial charge on any atom is 0.331 e. The summed E-state index contributed by atoms with van der Waals surface area (Å²) in [7, 11) is 0. The number of aliphatic hydroxyl groups excluding tert-OH is 3. The van der Waals surface area contributed by atoms with E-state index in [-0.39, 0.29) is 10.3 Å². The zero-order chi connectivity index (χ0) is 14.9. The molecule has 112 valence electrons. The predicted molar refractivity (Wildman–Crippen MR) is 73.0 cm³/mol. The second-order valence-electron chi connectivity index (χ2n) is 4.18. The number of halogens is 1. The first-order valence-corrected chi connectivity index (χ1v) is 6.75. The lowest BCUT2D eigenvalue weighted by Gasteiger charge is -2.18. The topological polar surface area (TPSA) is 134 Å². The summed E-state index contributed by atoms with van der Waals surface area (Å²) < 4.78 is 11.4. The number of aliphatic hydroxyl groups is 3. The molecule has 0 saturated carbocycles. The van der Waals surface area contributed by atoms with Gasteiger partial charge in [-0.05, 0) is 22.6 Å². The van der Waals surface area contributed by atoms with Crippen molar-refractivity contribution in [3.63, 3.8) is 0 Å². The van der Waals surface area contributed by atoms with E-state index in [1.165, 1.54) is 6.07 Å². The van der Waals surface area contributed by atoms with E-state index in [9.17, 15) is 19.8 Å². The van der Waals surface area contributed by atoms with Crippen LogP contribution in [-0.4, -0.2) is 56.6 Å². The quantitative estimate of drug-likeness (QED) is 0.254. The Kier molecular flexibility index (Phi) is 4.93. The van der Waals surface area contributed by atoms with Crippen molar-refractivity contribution in [1.29, 1.82) is 0 Å². The highest BCUT2D eigenvalue weighted by Crippen LogP contribution is 2.29. The molecule has 20 heavy (non-hydrogen) atoms. The molecule has 4 atom stereocenters. The third kappa shape index (κ3) is 2.94. The van der Waals surface area contributed by atoms with E-state index >= 15 is 0 Å². The van der Waals surface area contributed by atoms with Gasteiger partial charge in [-0.25, -0.2) is 4.79 Å². The molecule has 0 aromatic carbocycles. The van der Waals surface area contributed by atoms with Gasteiger partial charge in [0, 0.05) is 6.07 Å². The average Bonchev–Trinajstić information content (AvgIpc) is 2.64. The van der Waals surface area contributed by atoms with E-state index in [0.29, 0.717) is 0 Å². The highest BCUT2D eigenvalue weighted by atomic mass is 127. The fourth-order valence-corrected chi connectivity index (χ4v) is 2.74. The van der Waals surface area contributed by atoms with E-state index in [1.807, 2.05) is 0 Å². The molecule has 0 radical (unpaired) electrons. The Morgan fingerprint density at radius 3 is 2.70 bits per heavy atom. The highest BCUT2D eigenvalue weighted by molar-refractivity contribution is 14.1. The molecule has 0 bridgehead atoms. The van der Waals surface area contributed by atoms with Gasteiger partial charge in [0.15, 0.2) is 6.23 Å². The summed E-state index contributed by atoms with van der Waals surface area (Å²) in [5.41, 5.74) is -1.31. The number of aromatic nitrogens is 2. The van der Waals surface area contributed by atoms with E-state index in [0.717, 1.165) is 4.57 Å². The molecule has 0 spiro atoms. The molecule has 1 aromatic heterocycles. The van der Waals surface area contributed by atoms with Crippen molar-refractivity contribution in [2.24, 2.45) is 0 Å². The first-order valence-electron chi connectivity index (χ1n) is 5.67. The van der Waals surface area contributed by atoms with Crippen LogP contribution in [0.1, 0.15) is 6.23 Å². The lowest BCUT2D eigenvalue weighted by Crippen LogP contribution is -2.39. The van der Waals surface area contributed by atoms with Gasteiger partial charge in [0.1, 0.15) is 25.1 Å². The lowest BCUT2D eigenvalue weighted by atomic mass is 10.1. The van der Waals surface area contributed by atoms with Gasteiger partial charge in [-0.2, -0.15) is 0 Å². The van der Waals surface area contributed by atoms with Crippen LogP contribution in [0.3, 0.4) is 0 Å².